The van der Waals surface area contributed by atoms with Gasteiger partial charge in [0, 0.05) is 26.6 Å². The number of carbonyl (C=O) groups excluding carboxylic acids is 2. The first kappa shape index (κ1) is 20.4. The second-order valence-electron chi connectivity index (χ2n) is 7.32. The average Bonchev–Trinajstić information content (AvgIpc) is 3.43. The van der Waals surface area contributed by atoms with Crippen molar-refractivity contribution in [3.63, 3.8) is 0 Å². The van der Waals surface area contributed by atoms with Crippen LogP contribution in [0.4, 0.5) is 0 Å². The fraction of sp³-hybridized carbons (Fsp3) is 0.208. The van der Waals surface area contributed by atoms with Gasteiger partial charge in [0.05, 0.1) is 17.3 Å². The Bertz CT molecular complexity index is 1170. The molecule has 2 aromatic carbocycles. The lowest BCUT2D eigenvalue weighted by Crippen LogP contribution is -2.31. The van der Waals surface area contributed by atoms with Crippen molar-refractivity contribution in [2.24, 2.45) is 0 Å². The number of amides is 2. The number of aromatic nitrogens is 2. The summed E-state index contributed by atoms with van der Waals surface area (Å²) in [7, 11) is 1.80. The van der Waals surface area contributed by atoms with E-state index in [1.807, 2.05) is 59.2 Å². The molecule has 0 fully saturated rings. The van der Waals surface area contributed by atoms with Crippen LogP contribution in [0.3, 0.4) is 0 Å². The summed E-state index contributed by atoms with van der Waals surface area (Å²) in [6.07, 6.45) is 1.96. The maximum atomic E-state index is 12.9. The largest absolute Gasteiger partial charge is 0.459 e. The lowest BCUT2D eigenvalue weighted by molar-refractivity contribution is -0.131. The Morgan fingerprint density at radius 2 is 1.81 bits per heavy atom. The first-order valence-corrected chi connectivity index (χ1v) is 10.2. The maximum Gasteiger partial charge on any atom is 0.286 e. The van der Waals surface area contributed by atoms with Crippen LogP contribution in [-0.2, 0) is 24.3 Å². The van der Waals surface area contributed by atoms with E-state index in [2.05, 4.69) is 10.3 Å². The quantitative estimate of drug-likeness (QED) is 0.478. The predicted octanol–water partition coefficient (Wildman–Crippen LogP) is 3.26. The number of imidazole rings is 1. The number of para-hydroxylation sites is 2. The van der Waals surface area contributed by atoms with Gasteiger partial charge in [-0.05, 0) is 29.8 Å². The van der Waals surface area contributed by atoms with Gasteiger partial charge < -0.3 is 19.2 Å². The molecule has 1 N–H and O–H groups in total. The smallest absolute Gasteiger partial charge is 0.286 e. The van der Waals surface area contributed by atoms with Crippen molar-refractivity contribution >= 4 is 22.8 Å². The molecular formula is C24H24N4O3. The Balaban J connectivity index is 1.47. The van der Waals surface area contributed by atoms with Gasteiger partial charge in [0.2, 0.25) is 5.91 Å². The highest BCUT2D eigenvalue weighted by molar-refractivity contribution is 5.91. The fourth-order valence-corrected chi connectivity index (χ4v) is 3.48. The van der Waals surface area contributed by atoms with Crippen LogP contribution in [0.25, 0.3) is 11.0 Å². The molecule has 0 aliphatic rings. The van der Waals surface area contributed by atoms with E-state index in [1.54, 1.807) is 24.1 Å². The van der Waals surface area contributed by atoms with E-state index in [-0.39, 0.29) is 24.1 Å². The Morgan fingerprint density at radius 1 is 1.03 bits per heavy atom. The van der Waals surface area contributed by atoms with Crippen molar-refractivity contribution in [2.45, 2.75) is 19.5 Å². The number of benzene rings is 2. The number of carbonyl (C=O) groups is 2. The number of fused-ring (bicyclic) bond motifs is 1. The fourth-order valence-electron chi connectivity index (χ4n) is 3.48. The van der Waals surface area contributed by atoms with Gasteiger partial charge in [-0.2, -0.15) is 0 Å². The summed E-state index contributed by atoms with van der Waals surface area (Å²) >= 11 is 0. The van der Waals surface area contributed by atoms with Gasteiger partial charge in [-0.15, -0.1) is 0 Å². The summed E-state index contributed by atoms with van der Waals surface area (Å²) in [5.41, 5.74) is 2.80. The molecule has 2 heterocycles. The summed E-state index contributed by atoms with van der Waals surface area (Å²) in [6.45, 7) is 1.11. The minimum absolute atomic E-state index is 0.00660. The number of nitrogens with zero attached hydrogens (tertiary/aromatic N) is 3. The summed E-state index contributed by atoms with van der Waals surface area (Å²) in [5.74, 6) is 0.743. The van der Waals surface area contributed by atoms with Crippen LogP contribution < -0.4 is 5.32 Å². The number of nitrogens with one attached hydrogen (secondary N) is 1. The summed E-state index contributed by atoms with van der Waals surface area (Å²) in [6, 6.07) is 20.9. The van der Waals surface area contributed by atoms with Crippen molar-refractivity contribution in [1.29, 1.82) is 0 Å². The highest BCUT2D eigenvalue weighted by Gasteiger charge is 2.17. The molecule has 4 rings (SSSR count). The highest BCUT2D eigenvalue weighted by atomic mass is 16.3. The second kappa shape index (κ2) is 9.30. The molecule has 0 unspecified atom stereocenters. The van der Waals surface area contributed by atoms with E-state index in [1.165, 1.54) is 6.26 Å². The standard InChI is InChI=1S/C24H24N4O3/c1-27(16-18-8-3-2-4-9-18)23(29)17-28-20-11-6-5-10-19(20)26-22(28)13-14-25-24(30)21-12-7-15-31-21/h2-12,15H,13-14,16-17H2,1H3,(H,25,30). The van der Waals surface area contributed by atoms with Gasteiger partial charge in [0.25, 0.3) is 5.91 Å². The zero-order valence-corrected chi connectivity index (χ0v) is 17.3. The SMILES string of the molecule is CN(Cc1ccccc1)C(=O)Cn1c(CCNC(=O)c2ccco2)nc2ccccc21. The number of hydrogen-bond donors (Lipinski definition) is 1. The first-order valence-electron chi connectivity index (χ1n) is 10.2. The molecule has 0 aliphatic carbocycles. The molecule has 7 heteroatoms. The molecule has 0 saturated carbocycles. The van der Waals surface area contributed by atoms with Crippen LogP contribution in [0, 0.1) is 0 Å². The van der Waals surface area contributed by atoms with Crippen molar-refractivity contribution in [3.05, 3.63) is 90.1 Å². The zero-order valence-electron chi connectivity index (χ0n) is 17.3. The highest BCUT2D eigenvalue weighted by Crippen LogP contribution is 2.17. The average molecular weight is 416 g/mol. The third kappa shape index (κ3) is 4.83. The molecule has 2 aromatic heterocycles. The van der Waals surface area contributed by atoms with Gasteiger partial charge >= 0.3 is 0 Å². The Morgan fingerprint density at radius 3 is 2.58 bits per heavy atom. The van der Waals surface area contributed by atoms with E-state index in [0.29, 0.717) is 19.5 Å². The van der Waals surface area contributed by atoms with Crippen LogP contribution in [0.1, 0.15) is 21.9 Å². The molecule has 0 atom stereocenters. The van der Waals surface area contributed by atoms with Crippen LogP contribution in [-0.4, -0.2) is 39.9 Å². The second-order valence-corrected chi connectivity index (χ2v) is 7.32. The number of likely N-dealkylation sites (N-methyl/N-ethyl adjacent to an activating group) is 1. The van der Waals surface area contributed by atoms with Gasteiger partial charge in [0.1, 0.15) is 12.4 Å². The van der Waals surface area contributed by atoms with Crippen LogP contribution >= 0.6 is 0 Å². The van der Waals surface area contributed by atoms with Gasteiger partial charge in [0.15, 0.2) is 5.76 Å². The monoisotopic (exact) mass is 416 g/mol. The molecule has 0 spiro atoms. The zero-order chi connectivity index (χ0) is 21.6. The van der Waals surface area contributed by atoms with E-state index >= 15 is 0 Å². The molecule has 0 bridgehead atoms. The molecule has 0 radical (unpaired) electrons. The molecule has 4 aromatic rings. The number of rotatable bonds is 8. The Labute approximate surface area is 180 Å². The van der Waals surface area contributed by atoms with Crippen molar-refractivity contribution < 1.29 is 14.0 Å². The van der Waals surface area contributed by atoms with Crippen molar-refractivity contribution in [1.82, 2.24) is 19.8 Å². The molecule has 0 saturated heterocycles. The van der Waals surface area contributed by atoms with E-state index in [0.717, 1.165) is 22.4 Å². The van der Waals surface area contributed by atoms with Crippen LogP contribution in [0.15, 0.2) is 77.4 Å². The Hall–Kier alpha value is -3.87. The van der Waals surface area contributed by atoms with Crippen LogP contribution in [0.2, 0.25) is 0 Å². The maximum absolute atomic E-state index is 12.9. The molecule has 2 amide bonds. The normalized spacial score (nSPS) is 10.9. The molecular weight excluding hydrogens is 392 g/mol. The first-order chi connectivity index (χ1) is 15.1. The van der Waals surface area contributed by atoms with Crippen molar-refractivity contribution in [3.8, 4) is 0 Å². The minimum atomic E-state index is -0.272. The molecule has 0 aliphatic heterocycles. The summed E-state index contributed by atoms with van der Waals surface area (Å²) in [5, 5.41) is 2.83. The van der Waals surface area contributed by atoms with E-state index in [4.69, 9.17) is 4.42 Å². The number of furan rings is 1. The van der Waals surface area contributed by atoms with E-state index < -0.39 is 0 Å². The lowest BCUT2D eigenvalue weighted by atomic mass is 10.2. The topological polar surface area (TPSA) is 80.4 Å². The molecule has 31 heavy (non-hydrogen) atoms. The van der Waals surface area contributed by atoms with Crippen LogP contribution in [0.5, 0.6) is 0 Å². The summed E-state index contributed by atoms with van der Waals surface area (Å²) in [4.78, 5) is 31.4. The molecule has 7 nitrogen and oxygen atoms in total. The third-order valence-electron chi connectivity index (χ3n) is 5.09. The minimum Gasteiger partial charge on any atom is -0.459 e. The van der Waals surface area contributed by atoms with Crippen molar-refractivity contribution in [2.75, 3.05) is 13.6 Å². The number of hydrogen-bond acceptors (Lipinski definition) is 4. The van der Waals surface area contributed by atoms with E-state index in [9.17, 15) is 9.59 Å². The lowest BCUT2D eigenvalue weighted by Gasteiger charge is -2.19. The molecule has 158 valence electrons. The predicted molar refractivity (Wildman–Crippen MR) is 117 cm³/mol. The summed E-state index contributed by atoms with van der Waals surface area (Å²) < 4.78 is 7.04. The Kier molecular flexibility index (Phi) is 6.12. The van der Waals surface area contributed by atoms with Gasteiger partial charge in [-0.25, -0.2) is 4.98 Å². The third-order valence-corrected chi connectivity index (χ3v) is 5.09. The van der Waals surface area contributed by atoms with Gasteiger partial charge in [-0.3, -0.25) is 9.59 Å². The van der Waals surface area contributed by atoms with Gasteiger partial charge in [-0.1, -0.05) is 42.5 Å².